The van der Waals surface area contributed by atoms with E-state index in [1.807, 2.05) is 0 Å². The third-order valence-corrected chi connectivity index (χ3v) is 2.16. The molecule has 5 N–H and O–H groups in total. The maximum atomic E-state index is 11.3. The molecule has 0 spiro atoms. The fraction of sp³-hybridized carbons (Fsp3) is 0.800. The summed E-state index contributed by atoms with van der Waals surface area (Å²) in [5.41, 5.74) is 10.9. The Morgan fingerprint density at radius 1 is 1.33 bits per heavy atom. The summed E-state index contributed by atoms with van der Waals surface area (Å²) in [6.45, 7) is 2.46. The molecule has 0 radical (unpaired) electrons. The zero-order valence-electron chi connectivity index (χ0n) is 9.29. The van der Waals surface area contributed by atoms with Crippen LogP contribution in [0.15, 0.2) is 0 Å². The molecular formula is C10H21N3O2. The van der Waals surface area contributed by atoms with Crippen molar-refractivity contribution in [1.29, 1.82) is 0 Å². The lowest BCUT2D eigenvalue weighted by atomic mass is 10.1. The second-order valence-corrected chi connectivity index (χ2v) is 3.50. The monoisotopic (exact) mass is 215 g/mol. The van der Waals surface area contributed by atoms with Crippen molar-refractivity contribution in [1.82, 2.24) is 5.32 Å². The summed E-state index contributed by atoms with van der Waals surface area (Å²) in [7, 11) is 0. The highest BCUT2D eigenvalue weighted by Gasteiger charge is 2.12. The van der Waals surface area contributed by atoms with E-state index in [4.69, 9.17) is 11.5 Å². The van der Waals surface area contributed by atoms with Gasteiger partial charge >= 0.3 is 0 Å². The summed E-state index contributed by atoms with van der Waals surface area (Å²) in [5.74, 6) is -0.244. The van der Waals surface area contributed by atoms with E-state index in [0.29, 0.717) is 19.4 Å². The molecule has 0 fully saturated rings. The van der Waals surface area contributed by atoms with Crippen LogP contribution in [-0.2, 0) is 9.59 Å². The van der Waals surface area contributed by atoms with Crippen LogP contribution < -0.4 is 16.8 Å². The van der Waals surface area contributed by atoms with Crippen LogP contribution in [0.25, 0.3) is 0 Å². The second-order valence-electron chi connectivity index (χ2n) is 3.50. The predicted octanol–water partition coefficient (Wildman–Crippen LogP) is -0.462. The number of Topliss-reactive ketones (excluding diaryl/α,β-unsaturated/α-hetero) is 1. The Balaban J connectivity index is 3.64. The van der Waals surface area contributed by atoms with Gasteiger partial charge in [-0.2, -0.15) is 0 Å². The van der Waals surface area contributed by atoms with Gasteiger partial charge in [0.05, 0.1) is 12.6 Å². The van der Waals surface area contributed by atoms with Gasteiger partial charge in [-0.3, -0.25) is 9.59 Å². The second kappa shape index (κ2) is 8.38. The van der Waals surface area contributed by atoms with E-state index in [-0.39, 0.29) is 18.2 Å². The van der Waals surface area contributed by atoms with Crippen molar-refractivity contribution in [3.05, 3.63) is 0 Å². The number of nitrogens with one attached hydrogen (secondary N) is 1. The third-order valence-electron chi connectivity index (χ3n) is 2.16. The molecule has 0 bridgehead atoms. The van der Waals surface area contributed by atoms with Gasteiger partial charge in [0.1, 0.15) is 0 Å². The lowest BCUT2D eigenvalue weighted by Crippen LogP contribution is -2.42. The minimum absolute atomic E-state index is 0.0116. The maximum absolute atomic E-state index is 11.3. The van der Waals surface area contributed by atoms with E-state index in [1.165, 1.54) is 0 Å². The molecular weight excluding hydrogens is 194 g/mol. The van der Waals surface area contributed by atoms with Crippen LogP contribution >= 0.6 is 0 Å². The molecule has 0 aliphatic heterocycles. The molecule has 0 saturated heterocycles. The van der Waals surface area contributed by atoms with Crippen LogP contribution in [0.5, 0.6) is 0 Å². The molecule has 1 amide bonds. The number of amides is 1. The Labute approximate surface area is 90.6 Å². The summed E-state index contributed by atoms with van der Waals surface area (Å²) in [4.78, 5) is 22.3. The van der Waals surface area contributed by atoms with Gasteiger partial charge in [-0.1, -0.05) is 13.3 Å². The molecule has 15 heavy (non-hydrogen) atoms. The summed E-state index contributed by atoms with van der Waals surface area (Å²) in [5, 5.41) is 2.52. The summed E-state index contributed by atoms with van der Waals surface area (Å²) in [6, 6.07) is -0.527. The molecule has 0 aromatic rings. The first-order valence-electron chi connectivity index (χ1n) is 5.36. The predicted molar refractivity (Wildman–Crippen MR) is 59.2 cm³/mol. The zero-order valence-corrected chi connectivity index (χ0v) is 9.29. The van der Waals surface area contributed by atoms with Crippen molar-refractivity contribution in [2.45, 2.75) is 38.6 Å². The van der Waals surface area contributed by atoms with Gasteiger partial charge in [0.25, 0.3) is 0 Å². The molecule has 0 rings (SSSR count). The Bertz CT molecular complexity index is 207. The standard InChI is InChI=1S/C10H21N3O2/c1-2-8(14)7-13-10(15)9(12)5-3-4-6-11/h9H,2-7,11-12H2,1H3,(H,13,15)/t9-/m0/s1. The number of hydrogen-bond donors (Lipinski definition) is 3. The first kappa shape index (κ1) is 14.1. The van der Waals surface area contributed by atoms with Crippen LogP contribution in [-0.4, -0.2) is 30.8 Å². The largest absolute Gasteiger partial charge is 0.348 e. The lowest BCUT2D eigenvalue weighted by molar-refractivity contribution is -0.126. The Kier molecular flexibility index (Phi) is 7.85. The van der Waals surface area contributed by atoms with Gasteiger partial charge in [-0.15, -0.1) is 0 Å². The van der Waals surface area contributed by atoms with Crippen molar-refractivity contribution in [3.63, 3.8) is 0 Å². The number of unbranched alkanes of at least 4 members (excludes halogenated alkanes) is 1. The van der Waals surface area contributed by atoms with Crippen molar-refractivity contribution in [2.75, 3.05) is 13.1 Å². The summed E-state index contributed by atoms with van der Waals surface area (Å²) < 4.78 is 0. The van der Waals surface area contributed by atoms with Crippen LogP contribution in [0.4, 0.5) is 0 Å². The average Bonchev–Trinajstić information content (AvgIpc) is 2.25. The highest BCUT2D eigenvalue weighted by Crippen LogP contribution is 1.97. The Morgan fingerprint density at radius 3 is 2.53 bits per heavy atom. The topological polar surface area (TPSA) is 98.2 Å². The van der Waals surface area contributed by atoms with Crippen molar-refractivity contribution in [2.24, 2.45) is 11.5 Å². The molecule has 0 aromatic carbocycles. The third kappa shape index (κ3) is 7.04. The molecule has 0 aromatic heterocycles. The smallest absolute Gasteiger partial charge is 0.237 e. The number of carbonyl (C=O) groups excluding carboxylic acids is 2. The highest BCUT2D eigenvalue weighted by atomic mass is 16.2. The Hall–Kier alpha value is -0.940. The summed E-state index contributed by atoms with van der Waals surface area (Å²) in [6.07, 6.45) is 2.76. The van der Waals surface area contributed by atoms with Crippen LogP contribution in [0.2, 0.25) is 0 Å². The molecule has 5 nitrogen and oxygen atoms in total. The zero-order chi connectivity index (χ0) is 11.7. The van der Waals surface area contributed by atoms with Crippen molar-refractivity contribution in [3.8, 4) is 0 Å². The molecule has 0 aliphatic rings. The number of rotatable bonds is 8. The van der Waals surface area contributed by atoms with Gasteiger partial charge in [0.2, 0.25) is 5.91 Å². The number of carbonyl (C=O) groups is 2. The van der Waals surface area contributed by atoms with Gasteiger partial charge in [-0.05, 0) is 19.4 Å². The minimum atomic E-state index is -0.527. The molecule has 88 valence electrons. The molecule has 0 heterocycles. The highest BCUT2D eigenvalue weighted by molar-refractivity contribution is 5.88. The number of hydrogen-bond acceptors (Lipinski definition) is 4. The van der Waals surface area contributed by atoms with E-state index in [1.54, 1.807) is 6.92 Å². The van der Waals surface area contributed by atoms with Gasteiger partial charge in [0, 0.05) is 6.42 Å². The Morgan fingerprint density at radius 2 is 2.00 bits per heavy atom. The first-order chi connectivity index (χ1) is 7.11. The van der Waals surface area contributed by atoms with Crippen LogP contribution in [0, 0.1) is 0 Å². The van der Waals surface area contributed by atoms with Gasteiger partial charge in [0.15, 0.2) is 5.78 Å². The summed E-state index contributed by atoms with van der Waals surface area (Å²) >= 11 is 0. The van der Waals surface area contributed by atoms with E-state index >= 15 is 0 Å². The number of nitrogens with two attached hydrogens (primary N) is 2. The van der Waals surface area contributed by atoms with Crippen molar-refractivity contribution < 1.29 is 9.59 Å². The SMILES string of the molecule is CCC(=O)CNC(=O)[C@@H](N)CCCCN. The fourth-order valence-electron chi connectivity index (χ4n) is 1.08. The van der Waals surface area contributed by atoms with E-state index < -0.39 is 6.04 Å². The minimum Gasteiger partial charge on any atom is -0.348 e. The van der Waals surface area contributed by atoms with Crippen molar-refractivity contribution >= 4 is 11.7 Å². The van der Waals surface area contributed by atoms with E-state index in [0.717, 1.165) is 12.8 Å². The van der Waals surface area contributed by atoms with Gasteiger partial charge in [-0.25, -0.2) is 0 Å². The van der Waals surface area contributed by atoms with E-state index in [9.17, 15) is 9.59 Å². The fourth-order valence-corrected chi connectivity index (χ4v) is 1.08. The lowest BCUT2D eigenvalue weighted by Gasteiger charge is -2.10. The van der Waals surface area contributed by atoms with E-state index in [2.05, 4.69) is 5.32 Å². The maximum Gasteiger partial charge on any atom is 0.237 e. The van der Waals surface area contributed by atoms with Crippen LogP contribution in [0.3, 0.4) is 0 Å². The molecule has 0 unspecified atom stereocenters. The quantitative estimate of drug-likeness (QED) is 0.477. The molecule has 5 heteroatoms. The molecule has 0 aliphatic carbocycles. The number of ketones is 1. The van der Waals surface area contributed by atoms with Crippen LogP contribution in [0.1, 0.15) is 32.6 Å². The average molecular weight is 215 g/mol. The normalized spacial score (nSPS) is 12.2. The van der Waals surface area contributed by atoms with Gasteiger partial charge < -0.3 is 16.8 Å². The molecule has 0 saturated carbocycles. The molecule has 1 atom stereocenters. The first-order valence-corrected chi connectivity index (χ1v) is 5.36.